The number of carbonyl (C=O) groups is 2. The third-order valence-corrected chi connectivity index (χ3v) is 4.56. The fraction of sp³-hybridized carbons (Fsp3) is 0.846. The predicted molar refractivity (Wildman–Crippen MR) is 66.9 cm³/mol. The number of carboxylic acid groups (broad SMARTS) is 1. The van der Waals surface area contributed by atoms with Crippen LogP contribution in [0, 0.1) is 11.3 Å². The first kappa shape index (κ1) is 13.3. The molecule has 0 heterocycles. The predicted octanol–water partition coefficient (Wildman–Crippen LogP) is 0.875. The minimum atomic E-state index is -0.796. The maximum atomic E-state index is 12.0. The van der Waals surface area contributed by atoms with Crippen molar-refractivity contribution in [3.8, 4) is 0 Å². The van der Waals surface area contributed by atoms with E-state index in [1.165, 1.54) is 0 Å². The molecule has 0 aromatic heterocycles. The van der Waals surface area contributed by atoms with E-state index in [0.717, 1.165) is 32.1 Å². The molecule has 2 atom stereocenters. The number of nitrogens with one attached hydrogen (secondary N) is 1. The summed E-state index contributed by atoms with van der Waals surface area (Å²) in [5, 5.41) is 12.0. The van der Waals surface area contributed by atoms with Crippen LogP contribution in [-0.2, 0) is 9.59 Å². The average molecular weight is 254 g/mol. The molecule has 2 rings (SSSR count). The monoisotopic (exact) mass is 254 g/mol. The van der Waals surface area contributed by atoms with Gasteiger partial charge in [-0.05, 0) is 37.6 Å². The third kappa shape index (κ3) is 2.66. The van der Waals surface area contributed by atoms with Crippen molar-refractivity contribution < 1.29 is 14.7 Å². The number of hydrogen-bond acceptors (Lipinski definition) is 3. The van der Waals surface area contributed by atoms with Crippen LogP contribution in [0.1, 0.15) is 44.9 Å². The lowest BCUT2D eigenvalue weighted by Crippen LogP contribution is -2.46. The standard InChI is InChI=1S/C13H22N2O3/c14-8-13(5-2-6-13)7-11(16)15-10-4-1-3-9(10)12(17)18/h9-10H,1-8,14H2,(H,15,16)(H,17,18). The maximum Gasteiger partial charge on any atom is 0.308 e. The molecule has 5 nitrogen and oxygen atoms in total. The Balaban J connectivity index is 1.85. The van der Waals surface area contributed by atoms with E-state index >= 15 is 0 Å². The Morgan fingerprint density at radius 2 is 2.00 bits per heavy atom. The van der Waals surface area contributed by atoms with Crippen LogP contribution in [0.3, 0.4) is 0 Å². The summed E-state index contributed by atoms with van der Waals surface area (Å²) in [6, 6.07) is -0.190. The lowest BCUT2D eigenvalue weighted by atomic mass is 9.66. The number of hydrogen-bond donors (Lipinski definition) is 3. The molecule has 1 amide bonds. The summed E-state index contributed by atoms with van der Waals surface area (Å²) in [7, 11) is 0. The number of amides is 1. The normalized spacial score (nSPS) is 29.6. The molecule has 0 aliphatic heterocycles. The van der Waals surface area contributed by atoms with E-state index in [2.05, 4.69) is 5.32 Å². The molecule has 0 aromatic carbocycles. The van der Waals surface area contributed by atoms with Gasteiger partial charge < -0.3 is 16.2 Å². The fourth-order valence-corrected chi connectivity index (χ4v) is 3.16. The molecule has 0 radical (unpaired) electrons. The number of rotatable bonds is 5. The zero-order valence-electron chi connectivity index (χ0n) is 10.7. The quantitative estimate of drug-likeness (QED) is 0.679. The molecule has 2 saturated carbocycles. The van der Waals surface area contributed by atoms with Gasteiger partial charge in [0.15, 0.2) is 0 Å². The lowest BCUT2D eigenvalue weighted by Gasteiger charge is -2.40. The maximum absolute atomic E-state index is 12.0. The number of nitrogens with two attached hydrogens (primary N) is 1. The van der Waals surface area contributed by atoms with Crippen molar-refractivity contribution in [2.24, 2.45) is 17.1 Å². The third-order valence-electron chi connectivity index (χ3n) is 4.56. The molecule has 0 bridgehead atoms. The zero-order valence-corrected chi connectivity index (χ0v) is 10.7. The Morgan fingerprint density at radius 3 is 2.50 bits per heavy atom. The number of carbonyl (C=O) groups excluding carboxylic acids is 1. The Labute approximate surface area is 107 Å². The van der Waals surface area contributed by atoms with Crippen molar-refractivity contribution >= 4 is 11.9 Å². The lowest BCUT2D eigenvalue weighted by molar-refractivity contribution is -0.142. The summed E-state index contributed by atoms with van der Waals surface area (Å²) in [6.07, 6.45) is 5.95. The molecule has 2 aliphatic rings. The Morgan fingerprint density at radius 1 is 1.28 bits per heavy atom. The summed E-state index contributed by atoms with van der Waals surface area (Å²) in [5.41, 5.74) is 5.71. The molecular weight excluding hydrogens is 232 g/mol. The molecule has 2 fully saturated rings. The Bertz CT molecular complexity index is 334. The van der Waals surface area contributed by atoms with E-state index < -0.39 is 11.9 Å². The second-order valence-electron chi connectivity index (χ2n) is 5.78. The molecule has 0 aromatic rings. The SMILES string of the molecule is NCC1(CC(=O)NC2CCCC2C(=O)O)CCC1. The first-order valence-electron chi connectivity index (χ1n) is 6.79. The zero-order chi connectivity index (χ0) is 13.2. The molecular formula is C13H22N2O3. The van der Waals surface area contributed by atoms with E-state index in [4.69, 9.17) is 10.8 Å². The Hall–Kier alpha value is -1.10. The minimum Gasteiger partial charge on any atom is -0.481 e. The minimum absolute atomic E-state index is 0.0125. The van der Waals surface area contributed by atoms with Crippen LogP contribution < -0.4 is 11.1 Å². The van der Waals surface area contributed by atoms with Crippen molar-refractivity contribution in [1.29, 1.82) is 0 Å². The van der Waals surface area contributed by atoms with Crippen molar-refractivity contribution in [3.63, 3.8) is 0 Å². The highest BCUT2D eigenvalue weighted by atomic mass is 16.4. The van der Waals surface area contributed by atoms with Crippen molar-refractivity contribution in [2.75, 3.05) is 6.54 Å². The van der Waals surface area contributed by atoms with Crippen LogP contribution in [0.15, 0.2) is 0 Å². The molecule has 0 saturated heterocycles. The topological polar surface area (TPSA) is 92.4 Å². The number of carboxylic acids is 1. The van der Waals surface area contributed by atoms with Crippen LogP contribution in [0.5, 0.6) is 0 Å². The van der Waals surface area contributed by atoms with Crippen LogP contribution in [-0.4, -0.2) is 29.6 Å². The first-order valence-corrected chi connectivity index (χ1v) is 6.79. The van der Waals surface area contributed by atoms with Gasteiger partial charge in [-0.25, -0.2) is 0 Å². The molecule has 2 unspecified atom stereocenters. The van der Waals surface area contributed by atoms with Gasteiger partial charge in [-0.15, -0.1) is 0 Å². The van der Waals surface area contributed by atoms with Crippen LogP contribution >= 0.6 is 0 Å². The van der Waals surface area contributed by atoms with E-state index in [0.29, 0.717) is 19.4 Å². The average Bonchev–Trinajstić information content (AvgIpc) is 2.71. The van der Waals surface area contributed by atoms with Gasteiger partial charge in [0, 0.05) is 12.5 Å². The second-order valence-corrected chi connectivity index (χ2v) is 5.78. The molecule has 18 heavy (non-hydrogen) atoms. The highest BCUT2D eigenvalue weighted by Gasteiger charge is 2.39. The van der Waals surface area contributed by atoms with Gasteiger partial charge in [0.1, 0.15) is 0 Å². The smallest absolute Gasteiger partial charge is 0.308 e. The van der Waals surface area contributed by atoms with Crippen LogP contribution in [0.2, 0.25) is 0 Å². The van der Waals surface area contributed by atoms with E-state index in [-0.39, 0.29) is 17.4 Å². The van der Waals surface area contributed by atoms with Gasteiger partial charge in [-0.1, -0.05) is 12.8 Å². The van der Waals surface area contributed by atoms with Gasteiger partial charge in [-0.3, -0.25) is 9.59 Å². The van der Waals surface area contributed by atoms with Gasteiger partial charge in [0.25, 0.3) is 0 Å². The molecule has 4 N–H and O–H groups in total. The molecule has 102 valence electrons. The highest BCUT2D eigenvalue weighted by molar-refractivity contribution is 5.79. The van der Waals surface area contributed by atoms with Gasteiger partial charge in [-0.2, -0.15) is 0 Å². The van der Waals surface area contributed by atoms with Gasteiger partial charge in [0.2, 0.25) is 5.91 Å². The van der Waals surface area contributed by atoms with Crippen molar-refractivity contribution in [1.82, 2.24) is 5.32 Å². The van der Waals surface area contributed by atoms with Gasteiger partial charge >= 0.3 is 5.97 Å². The number of aliphatic carboxylic acids is 1. The fourth-order valence-electron chi connectivity index (χ4n) is 3.16. The van der Waals surface area contributed by atoms with Gasteiger partial charge in [0.05, 0.1) is 5.92 Å². The molecule has 5 heteroatoms. The summed E-state index contributed by atoms with van der Waals surface area (Å²) in [4.78, 5) is 23.0. The molecule has 2 aliphatic carbocycles. The molecule has 0 spiro atoms. The van der Waals surface area contributed by atoms with E-state index in [9.17, 15) is 9.59 Å². The largest absolute Gasteiger partial charge is 0.481 e. The summed E-state index contributed by atoms with van der Waals surface area (Å²) in [6.45, 7) is 0.549. The summed E-state index contributed by atoms with van der Waals surface area (Å²) in [5.74, 6) is -1.24. The summed E-state index contributed by atoms with van der Waals surface area (Å²) < 4.78 is 0. The van der Waals surface area contributed by atoms with E-state index in [1.54, 1.807) is 0 Å². The van der Waals surface area contributed by atoms with Crippen LogP contribution in [0.4, 0.5) is 0 Å². The van der Waals surface area contributed by atoms with Crippen LogP contribution in [0.25, 0.3) is 0 Å². The first-order chi connectivity index (χ1) is 8.56. The summed E-state index contributed by atoms with van der Waals surface area (Å²) >= 11 is 0. The Kier molecular flexibility index (Phi) is 3.90. The second kappa shape index (κ2) is 5.26. The van der Waals surface area contributed by atoms with Crippen molar-refractivity contribution in [2.45, 2.75) is 51.0 Å². The highest BCUT2D eigenvalue weighted by Crippen LogP contribution is 2.43. The van der Waals surface area contributed by atoms with Crippen molar-refractivity contribution in [3.05, 3.63) is 0 Å². The van der Waals surface area contributed by atoms with E-state index in [1.807, 2.05) is 0 Å².